The molecule has 0 heterocycles. The van der Waals surface area contributed by atoms with Crippen molar-refractivity contribution in [3.8, 4) is 0 Å². The van der Waals surface area contributed by atoms with Gasteiger partial charge in [0.2, 0.25) is 0 Å². The van der Waals surface area contributed by atoms with E-state index in [0.29, 0.717) is 36.0 Å². The molecule has 0 aromatic rings. The van der Waals surface area contributed by atoms with Crippen LogP contribution in [-0.4, -0.2) is 42.4 Å². The van der Waals surface area contributed by atoms with Gasteiger partial charge in [0.25, 0.3) is 0 Å². The summed E-state index contributed by atoms with van der Waals surface area (Å²) in [7, 11) is 1.44. The molecule has 3 N–H and O–H groups in total. The standard InChI is InChI=1S/C27H45NO5/c1-15(6-9-24(31)32-5)19-7-8-20-25-21(14-23(30)27(19,20)4)26(3)11-10-18(28)12-17(26)13-22(25)33-16(2)29/h15,17-23,25,30H,6-14,28H2,1-5H3/t15-,17+,18+,19-,20+,21?,22-,23+,25?,26+,27-/m1/s1. The lowest BCUT2D eigenvalue weighted by atomic mass is 9.43. The lowest BCUT2D eigenvalue weighted by molar-refractivity contribution is -0.212. The van der Waals surface area contributed by atoms with Gasteiger partial charge in [-0.25, -0.2) is 0 Å². The summed E-state index contributed by atoms with van der Waals surface area (Å²) in [6.45, 7) is 8.45. The molecule has 0 aromatic heterocycles. The van der Waals surface area contributed by atoms with E-state index >= 15 is 0 Å². The van der Waals surface area contributed by atoms with E-state index in [4.69, 9.17) is 15.2 Å². The lowest BCUT2D eigenvalue weighted by Crippen LogP contribution is -2.63. The van der Waals surface area contributed by atoms with Gasteiger partial charge in [-0.05, 0) is 91.8 Å². The number of hydrogen-bond acceptors (Lipinski definition) is 6. The third-order valence-corrected chi connectivity index (χ3v) is 10.9. The van der Waals surface area contributed by atoms with Gasteiger partial charge in [0, 0.05) is 25.3 Å². The molecule has 0 bridgehead atoms. The molecule has 6 nitrogen and oxygen atoms in total. The zero-order valence-corrected chi connectivity index (χ0v) is 21.2. The number of ether oxygens (including phenoxy) is 2. The molecule has 11 atom stereocenters. The van der Waals surface area contributed by atoms with Crippen LogP contribution in [0.4, 0.5) is 0 Å². The van der Waals surface area contributed by atoms with E-state index in [2.05, 4.69) is 20.8 Å². The molecule has 188 valence electrons. The summed E-state index contributed by atoms with van der Waals surface area (Å²) in [5.74, 6) is 1.73. The molecular weight excluding hydrogens is 418 g/mol. The van der Waals surface area contributed by atoms with Crippen molar-refractivity contribution in [2.24, 2.45) is 52.1 Å². The van der Waals surface area contributed by atoms with Crippen molar-refractivity contribution < 1.29 is 24.2 Å². The Kier molecular flexibility index (Phi) is 6.92. The van der Waals surface area contributed by atoms with Crippen LogP contribution in [0.1, 0.15) is 85.5 Å². The average Bonchev–Trinajstić information content (AvgIpc) is 3.11. The Hall–Kier alpha value is -1.14. The van der Waals surface area contributed by atoms with Gasteiger partial charge >= 0.3 is 11.9 Å². The van der Waals surface area contributed by atoms with Crippen molar-refractivity contribution in [1.29, 1.82) is 0 Å². The fourth-order valence-corrected chi connectivity index (χ4v) is 9.15. The Bertz CT molecular complexity index is 757. The molecule has 4 fully saturated rings. The molecule has 4 saturated carbocycles. The maximum Gasteiger partial charge on any atom is 0.305 e. The number of rotatable bonds is 5. The molecular formula is C27H45NO5. The quantitative estimate of drug-likeness (QED) is 0.596. The number of carbonyl (C=O) groups excluding carboxylic acids is 2. The van der Waals surface area contributed by atoms with Crippen LogP contribution in [0.25, 0.3) is 0 Å². The second-order valence-corrected chi connectivity index (χ2v) is 12.3. The Morgan fingerprint density at radius 1 is 1.12 bits per heavy atom. The number of aliphatic hydroxyl groups excluding tert-OH is 1. The predicted molar refractivity (Wildman–Crippen MR) is 126 cm³/mol. The molecule has 33 heavy (non-hydrogen) atoms. The molecule has 4 aliphatic carbocycles. The summed E-state index contributed by atoms with van der Waals surface area (Å²) in [5.41, 5.74) is 6.30. The van der Waals surface area contributed by atoms with E-state index in [9.17, 15) is 14.7 Å². The molecule has 0 saturated heterocycles. The van der Waals surface area contributed by atoms with Crippen LogP contribution < -0.4 is 5.73 Å². The maximum atomic E-state index is 12.1. The number of fused-ring (bicyclic) bond motifs is 5. The van der Waals surface area contributed by atoms with Crippen molar-refractivity contribution in [3.05, 3.63) is 0 Å². The minimum Gasteiger partial charge on any atom is -0.469 e. The van der Waals surface area contributed by atoms with Crippen LogP contribution in [-0.2, 0) is 19.1 Å². The monoisotopic (exact) mass is 463 g/mol. The van der Waals surface area contributed by atoms with E-state index < -0.39 is 0 Å². The van der Waals surface area contributed by atoms with Crippen molar-refractivity contribution in [3.63, 3.8) is 0 Å². The smallest absolute Gasteiger partial charge is 0.305 e. The first-order valence-corrected chi connectivity index (χ1v) is 13.2. The highest BCUT2D eigenvalue weighted by Gasteiger charge is 2.66. The van der Waals surface area contributed by atoms with Gasteiger partial charge in [0.05, 0.1) is 13.2 Å². The Morgan fingerprint density at radius 3 is 2.52 bits per heavy atom. The molecule has 2 unspecified atom stereocenters. The molecule has 0 aromatic carbocycles. The number of hydrogen-bond donors (Lipinski definition) is 2. The first kappa shape index (κ1) is 25.0. The van der Waals surface area contributed by atoms with Gasteiger partial charge in [0.15, 0.2) is 0 Å². The van der Waals surface area contributed by atoms with Gasteiger partial charge in [0.1, 0.15) is 6.10 Å². The SMILES string of the molecule is COC(=O)CC[C@@H](C)[C@H]1CC[C@H]2C3C(C[C@H](O)[C@]12C)[C@@]1(C)CC[C@H](N)C[C@H]1C[C@H]3OC(C)=O. The summed E-state index contributed by atoms with van der Waals surface area (Å²) < 4.78 is 10.9. The predicted octanol–water partition coefficient (Wildman–Crippen LogP) is 4.07. The highest BCUT2D eigenvalue weighted by Crippen LogP contribution is 2.68. The minimum absolute atomic E-state index is 0.0863. The summed E-state index contributed by atoms with van der Waals surface area (Å²) in [6.07, 6.45) is 7.66. The van der Waals surface area contributed by atoms with Crippen molar-refractivity contribution in [2.45, 2.75) is 104 Å². The van der Waals surface area contributed by atoms with Gasteiger partial charge < -0.3 is 20.3 Å². The van der Waals surface area contributed by atoms with Crippen LogP contribution in [0.3, 0.4) is 0 Å². The maximum absolute atomic E-state index is 12.1. The first-order chi connectivity index (χ1) is 15.5. The van der Waals surface area contributed by atoms with E-state index in [0.717, 1.165) is 51.4 Å². The zero-order valence-electron chi connectivity index (χ0n) is 21.2. The number of methoxy groups -OCH3 is 1. The van der Waals surface area contributed by atoms with Crippen molar-refractivity contribution in [2.75, 3.05) is 7.11 Å². The third-order valence-electron chi connectivity index (χ3n) is 10.9. The summed E-state index contributed by atoms with van der Waals surface area (Å²) in [6, 6.07) is 0.225. The van der Waals surface area contributed by atoms with Crippen molar-refractivity contribution in [1.82, 2.24) is 0 Å². The van der Waals surface area contributed by atoms with E-state index in [1.807, 2.05) is 0 Å². The molecule has 4 aliphatic rings. The Labute approximate surface area is 199 Å². The number of esters is 2. The van der Waals surface area contributed by atoms with E-state index in [1.165, 1.54) is 14.0 Å². The molecule has 6 heteroatoms. The van der Waals surface area contributed by atoms with Crippen molar-refractivity contribution >= 4 is 11.9 Å². The van der Waals surface area contributed by atoms with Gasteiger partial charge in [-0.15, -0.1) is 0 Å². The van der Waals surface area contributed by atoms with Crippen LogP contribution >= 0.6 is 0 Å². The fraction of sp³-hybridized carbons (Fsp3) is 0.926. The highest BCUT2D eigenvalue weighted by atomic mass is 16.5. The normalized spacial score (nSPS) is 47.6. The summed E-state index contributed by atoms with van der Waals surface area (Å²) >= 11 is 0. The minimum atomic E-state index is -0.374. The fourth-order valence-electron chi connectivity index (χ4n) is 9.15. The topological polar surface area (TPSA) is 98.8 Å². The molecule has 0 amide bonds. The van der Waals surface area contributed by atoms with Gasteiger partial charge in [-0.1, -0.05) is 20.8 Å². The van der Waals surface area contributed by atoms with E-state index in [-0.39, 0.29) is 46.9 Å². The Morgan fingerprint density at radius 2 is 1.85 bits per heavy atom. The molecule has 0 aliphatic heterocycles. The van der Waals surface area contributed by atoms with Gasteiger partial charge in [-0.2, -0.15) is 0 Å². The first-order valence-electron chi connectivity index (χ1n) is 13.2. The number of nitrogens with two attached hydrogens (primary N) is 1. The lowest BCUT2D eigenvalue weighted by Gasteiger charge is -2.64. The second kappa shape index (κ2) is 9.14. The second-order valence-electron chi connectivity index (χ2n) is 12.3. The van der Waals surface area contributed by atoms with E-state index in [1.54, 1.807) is 0 Å². The molecule has 0 radical (unpaired) electrons. The highest BCUT2D eigenvalue weighted by molar-refractivity contribution is 5.69. The van der Waals surface area contributed by atoms with Gasteiger partial charge in [-0.3, -0.25) is 9.59 Å². The largest absolute Gasteiger partial charge is 0.469 e. The third kappa shape index (κ3) is 4.13. The summed E-state index contributed by atoms with van der Waals surface area (Å²) in [5, 5.41) is 11.7. The summed E-state index contributed by atoms with van der Waals surface area (Å²) in [4.78, 5) is 23.9. The zero-order chi connectivity index (χ0) is 24.1. The molecule has 0 spiro atoms. The number of carbonyl (C=O) groups is 2. The van der Waals surface area contributed by atoms with Crippen LogP contribution in [0, 0.1) is 46.3 Å². The molecule has 4 rings (SSSR count). The number of aliphatic hydroxyl groups is 1. The van der Waals surface area contributed by atoms with Crippen LogP contribution in [0.5, 0.6) is 0 Å². The van der Waals surface area contributed by atoms with Crippen LogP contribution in [0.15, 0.2) is 0 Å². The van der Waals surface area contributed by atoms with Crippen LogP contribution in [0.2, 0.25) is 0 Å². The average molecular weight is 464 g/mol. The Balaban J connectivity index is 1.64.